The highest BCUT2D eigenvalue weighted by Crippen LogP contribution is 2.24. The molecule has 0 saturated carbocycles. The summed E-state index contributed by atoms with van der Waals surface area (Å²) in [5.41, 5.74) is 1.86. The second-order valence-corrected chi connectivity index (χ2v) is 7.36. The number of thioether (sulfide) groups is 1. The Bertz CT molecular complexity index is 1020. The zero-order valence-electron chi connectivity index (χ0n) is 15.9. The highest BCUT2D eigenvalue weighted by Gasteiger charge is 2.14. The molecule has 0 radical (unpaired) electrons. The van der Waals surface area contributed by atoms with Gasteiger partial charge in [0.05, 0.1) is 23.6 Å². The number of benzene rings is 2. The van der Waals surface area contributed by atoms with Gasteiger partial charge in [-0.3, -0.25) is 9.36 Å². The van der Waals surface area contributed by atoms with Gasteiger partial charge < -0.3 is 10.1 Å². The van der Waals surface area contributed by atoms with Crippen molar-refractivity contribution in [3.8, 4) is 5.69 Å². The van der Waals surface area contributed by atoms with Crippen molar-refractivity contribution in [2.24, 2.45) is 0 Å². The van der Waals surface area contributed by atoms with Crippen molar-refractivity contribution in [2.75, 3.05) is 17.7 Å². The minimum Gasteiger partial charge on any atom is -0.462 e. The van der Waals surface area contributed by atoms with Crippen LogP contribution in [0.1, 0.15) is 23.1 Å². The largest absolute Gasteiger partial charge is 0.462 e. The van der Waals surface area contributed by atoms with Crippen LogP contribution < -0.4 is 5.32 Å². The predicted octanol–water partition coefficient (Wildman–Crippen LogP) is 4.14. The summed E-state index contributed by atoms with van der Waals surface area (Å²) in [6.45, 7) is 3.90. The fraction of sp³-hybridized carbons (Fsp3) is 0.200. The lowest BCUT2D eigenvalue weighted by Crippen LogP contribution is -2.15. The number of anilines is 1. The van der Waals surface area contributed by atoms with Crippen molar-refractivity contribution in [3.63, 3.8) is 0 Å². The van der Waals surface area contributed by atoms with Gasteiger partial charge >= 0.3 is 5.97 Å². The summed E-state index contributed by atoms with van der Waals surface area (Å²) in [6, 6.07) is 13.9. The fourth-order valence-electron chi connectivity index (χ4n) is 2.58. The van der Waals surface area contributed by atoms with E-state index in [-0.39, 0.29) is 11.7 Å². The molecule has 1 N–H and O–H groups in total. The molecular formula is C20H19ClN4O3S. The summed E-state index contributed by atoms with van der Waals surface area (Å²) >= 11 is 7.35. The number of nitrogens with one attached hydrogen (secondary N) is 1. The van der Waals surface area contributed by atoms with Crippen LogP contribution in [0.25, 0.3) is 5.69 Å². The van der Waals surface area contributed by atoms with Crippen LogP contribution in [-0.2, 0) is 9.53 Å². The summed E-state index contributed by atoms with van der Waals surface area (Å²) in [6.07, 6.45) is 0. The van der Waals surface area contributed by atoms with Crippen LogP contribution >= 0.6 is 23.4 Å². The van der Waals surface area contributed by atoms with Gasteiger partial charge in [0.1, 0.15) is 5.82 Å². The SMILES string of the molecule is CCOC(=O)c1ccc(NC(=O)CSc2nnc(C)n2-c2cccc(Cl)c2)cc1. The maximum absolute atomic E-state index is 12.3. The number of esters is 1. The molecule has 7 nitrogen and oxygen atoms in total. The van der Waals surface area contributed by atoms with E-state index in [9.17, 15) is 9.59 Å². The second kappa shape index (κ2) is 9.58. The molecule has 3 aromatic rings. The van der Waals surface area contributed by atoms with Gasteiger partial charge in [0.15, 0.2) is 5.16 Å². The van der Waals surface area contributed by atoms with Crippen LogP contribution in [0.2, 0.25) is 5.02 Å². The van der Waals surface area contributed by atoms with Crippen LogP contribution in [0.5, 0.6) is 0 Å². The highest BCUT2D eigenvalue weighted by atomic mass is 35.5. The van der Waals surface area contributed by atoms with Gasteiger partial charge in [-0.05, 0) is 56.3 Å². The molecule has 0 unspecified atom stereocenters. The average Bonchev–Trinajstić information content (AvgIpc) is 3.07. The molecular weight excluding hydrogens is 412 g/mol. The lowest BCUT2D eigenvalue weighted by atomic mass is 10.2. The van der Waals surface area contributed by atoms with Crippen LogP contribution in [0, 0.1) is 6.92 Å². The van der Waals surface area contributed by atoms with Crippen LogP contribution in [-0.4, -0.2) is 39.0 Å². The Hall–Kier alpha value is -2.84. The molecule has 1 heterocycles. The molecule has 3 rings (SSSR count). The number of hydrogen-bond acceptors (Lipinski definition) is 6. The van der Waals surface area contributed by atoms with Crippen molar-refractivity contribution in [2.45, 2.75) is 19.0 Å². The molecule has 1 aromatic heterocycles. The molecule has 0 aliphatic carbocycles. The van der Waals surface area contributed by atoms with Crippen LogP contribution in [0.15, 0.2) is 53.7 Å². The van der Waals surface area contributed by atoms with E-state index in [0.29, 0.717) is 33.9 Å². The first-order valence-corrected chi connectivity index (χ1v) is 10.2. The lowest BCUT2D eigenvalue weighted by Gasteiger charge is -2.09. The van der Waals surface area contributed by atoms with E-state index in [1.54, 1.807) is 37.3 Å². The van der Waals surface area contributed by atoms with Gasteiger partial charge in [0, 0.05) is 10.7 Å². The third-order valence-electron chi connectivity index (χ3n) is 3.87. The van der Waals surface area contributed by atoms with Crippen molar-refractivity contribution in [1.29, 1.82) is 0 Å². The van der Waals surface area contributed by atoms with Gasteiger partial charge in [-0.2, -0.15) is 0 Å². The average molecular weight is 431 g/mol. The first-order chi connectivity index (χ1) is 14.0. The minimum absolute atomic E-state index is 0.151. The molecule has 0 aliphatic heterocycles. The van der Waals surface area contributed by atoms with Gasteiger partial charge in [0.2, 0.25) is 5.91 Å². The van der Waals surface area contributed by atoms with Crippen molar-refractivity contribution in [3.05, 3.63) is 64.9 Å². The Morgan fingerprint density at radius 3 is 2.62 bits per heavy atom. The van der Waals surface area contributed by atoms with Crippen LogP contribution in [0.3, 0.4) is 0 Å². The highest BCUT2D eigenvalue weighted by molar-refractivity contribution is 7.99. The molecule has 0 fully saturated rings. The Labute approximate surface area is 177 Å². The van der Waals surface area contributed by atoms with Crippen molar-refractivity contribution >= 4 is 40.9 Å². The summed E-state index contributed by atoms with van der Waals surface area (Å²) < 4.78 is 6.79. The number of aromatic nitrogens is 3. The first kappa shape index (κ1) is 20.9. The van der Waals surface area contributed by atoms with Gasteiger partial charge in [-0.1, -0.05) is 29.4 Å². The number of nitrogens with zero attached hydrogens (tertiary/aromatic N) is 3. The Morgan fingerprint density at radius 1 is 1.17 bits per heavy atom. The second-order valence-electron chi connectivity index (χ2n) is 5.98. The molecule has 0 atom stereocenters. The number of ether oxygens (including phenoxy) is 1. The Morgan fingerprint density at radius 2 is 1.93 bits per heavy atom. The zero-order chi connectivity index (χ0) is 20.8. The number of amides is 1. The molecule has 2 aromatic carbocycles. The van der Waals surface area contributed by atoms with Gasteiger partial charge in [-0.15, -0.1) is 10.2 Å². The molecule has 0 bridgehead atoms. The predicted molar refractivity (Wildman–Crippen MR) is 113 cm³/mol. The molecule has 1 amide bonds. The molecule has 0 spiro atoms. The third-order valence-corrected chi connectivity index (χ3v) is 5.04. The van der Waals surface area contributed by atoms with Crippen LogP contribution in [0.4, 0.5) is 5.69 Å². The van der Waals surface area contributed by atoms with Gasteiger partial charge in [-0.25, -0.2) is 4.79 Å². The topological polar surface area (TPSA) is 86.1 Å². The number of halogens is 1. The lowest BCUT2D eigenvalue weighted by molar-refractivity contribution is -0.113. The monoisotopic (exact) mass is 430 g/mol. The van der Waals surface area contributed by atoms with E-state index in [0.717, 1.165) is 5.69 Å². The standard InChI is InChI=1S/C20H19ClN4O3S/c1-3-28-19(27)14-7-9-16(10-8-14)22-18(26)12-29-20-24-23-13(2)25(20)17-6-4-5-15(21)11-17/h4-11H,3,12H2,1-2H3,(H,22,26). The molecule has 29 heavy (non-hydrogen) atoms. The summed E-state index contributed by atoms with van der Waals surface area (Å²) in [7, 11) is 0. The van der Waals surface area contributed by atoms with Crippen molar-refractivity contribution in [1.82, 2.24) is 14.8 Å². The molecule has 0 saturated heterocycles. The normalized spacial score (nSPS) is 10.6. The Kier molecular flexibility index (Phi) is 6.90. The van der Waals surface area contributed by atoms with E-state index in [4.69, 9.17) is 16.3 Å². The number of rotatable bonds is 7. The first-order valence-electron chi connectivity index (χ1n) is 8.85. The van der Waals surface area contributed by atoms with E-state index >= 15 is 0 Å². The van der Waals surface area contributed by atoms with E-state index in [1.807, 2.05) is 29.7 Å². The number of hydrogen-bond donors (Lipinski definition) is 1. The number of aryl methyl sites for hydroxylation is 1. The van der Waals surface area contributed by atoms with Crippen molar-refractivity contribution < 1.29 is 14.3 Å². The Balaban J connectivity index is 1.62. The zero-order valence-corrected chi connectivity index (χ0v) is 17.5. The number of carbonyl (C=O) groups is 2. The molecule has 9 heteroatoms. The molecule has 0 aliphatic rings. The molecule has 150 valence electrons. The third kappa shape index (κ3) is 5.36. The summed E-state index contributed by atoms with van der Waals surface area (Å²) in [4.78, 5) is 24.0. The smallest absolute Gasteiger partial charge is 0.338 e. The van der Waals surface area contributed by atoms with E-state index < -0.39 is 5.97 Å². The quantitative estimate of drug-likeness (QED) is 0.448. The maximum atomic E-state index is 12.3. The minimum atomic E-state index is -0.392. The van der Waals surface area contributed by atoms with E-state index in [2.05, 4.69) is 15.5 Å². The van der Waals surface area contributed by atoms with E-state index in [1.165, 1.54) is 11.8 Å². The summed E-state index contributed by atoms with van der Waals surface area (Å²) in [5.74, 6) is 0.261. The fourth-order valence-corrected chi connectivity index (χ4v) is 3.56. The number of carbonyl (C=O) groups excluding carboxylic acids is 2. The maximum Gasteiger partial charge on any atom is 0.338 e. The summed E-state index contributed by atoms with van der Waals surface area (Å²) in [5, 5.41) is 12.2. The van der Waals surface area contributed by atoms with Gasteiger partial charge in [0.25, 0.3) is 0 Å².